The number of ether oxygens (including phenoxy) is 1. The van der Waals surface area contributed by atoms with Crippen molar-refractivity contribution < 1.29 is 9.53 Å². The first-order chi connectivity index (χ1) is 17.5. The largest absolute Gasteiger partial charge is 0.481 e. The molecular weight excluding hydrogens is 474 g/mol. The molecule has 1 aromatic heterocycles. The summed E-state index contributed by atoms with van der Waals surface area (Å²) in [7, 11) is 0. The number of carbonyl (C=O) groups is 1. The highest BCUT2D eigenvalue weighted by Gasteiger charge is 2.37. The number of fused-ring (bicyclic) bond motifs is 1. The first-order valence-electron chi connectivity index (χ1n) is 11.9. The van der Waals surface area contributed by atoms with Crippen LogP contribution in [0.2, 0.25) is 0 Å². The Bertz CT molecular complexity index is 1330. The van der Waals surface area contributed by atoms with Crippen LogP contribution in [0, 0.1) is 12.3 Å². The Morgan fingerprint density at radius 3 is 3.06 bits per heavy atom. The minimum absolute atomic E-state index is 0.0105. The third-order valence-electron chi connectivity index (χ3n) is 6.43. The maximum atomic E-state index is 13.5. The summed E-state index contributed by atoms with van der Waals surface area (Å²) in [5.74, 6) is 3.27. The van der Waals surface area contributed by atoms with Gasteiger partial charge in [0, 0.05) is 24.0 Å². The van der Waals surface area contributed by atoms with E-state index < -0.39 is 4.87 Å². The first kappa shape index (κ1) is 25.5. The van der Waals surface area contributed by atoms with E-state index in [9.17, 15) is 4.79 Å². The van der Waals surface area contributed by atoms with E-state index in [1.165, 1.54) is 0 Å². The van der Waals surface area contributed by atoms with Crippen LogP contribution in [0.4, 0.5) is 5.69 Å². The van der Waals surface area contributed by atoms with Crippen molar-refractivity contribution in [3.05, 3.63) is 64.3 Å². The number of hydrogen-bond donors (Lipinski definition) is 3. The Morgan fingerprint density at radius 2 is 2.28 bits per heavy atom. The fourth-order valence-corrected chi connectivity index (χ4v) is 5.19. The zero-order valence-electron chi connectivity index (χ0n) is 20.1. The third-order valence-corrected chi connectivity index (χ3v) is 7.00. The first-order valence-corrected chi connectivity index (χ1v) is 12.4. The molecule has 1 saturated carbocycles. The Kier molecular flexibility index (Phi) is 8.06. The monoisotopic (exact) mass is 503 g/mol. The van der Waals surface area contributed by atoms with Gasteiger partial charge in [0.1, 0.15) is 12.4 Å². The SMILES string of the molecule is C#CCOc1cccc(CNC2(S)CCC[C@H](N(CC)C(=O)c3nc4c(N=[N+]=[N-])cccc4[nH]3)C2)c1. The molecule has 0 spiro atoms. The molecule has 1 heterocycles. The molecule has 0 bridgehead atoms. The molecule has 1 fully saturated rings. The van der Waals surface area contributed by atoms with E-state index in [-0.39, 0.29) is 24.4 Å². The van der Waals surface area contributed by atoms with Gasteiger partial charge >= 0.3 is 0 Å². The second-order valence-corrected chi connectivity index (χ2v) is 9.67. The fourth-order valence-electron chi connectivity index (χ4n) is 4.74. The molecule has 1 aliphatic carbocycles. The zero-order valence-corrected chi connectivity index (χ0v) is 21.0. The van der Waals surface area contributed by atoms with Crippen LogP contribution in [-0.2, 0) is 6.54 Å². The van der Waals surface area contributed by atoms with Gasteiger partial charge in [0.25, 0.3) is 5.91 Å². The number of para-hydroxylation sites is 1. The molecule has 36 heavy (non-hydrogen) atoms. The Hall–Kier alpha value is -3.64. The van der Waals surface area contributed by atoms with E-state index in [0.717, 1.165) is 30.6 Å². The van der Waals surface area contributed by atoms with Crippen LogP contribution < -0.4 is 10.1 Å². The number of hydrogen-bond acceptors (Lipinski definition) is 6. The van der Waals surface area contributed by atoms with Crippen molar-refractivity contribution in [2.45, 2.75) is 50.1 Å². The second kappa shape index (κ2) is 11.4. The van der Waals surface area contributed by atoms with Gasteiger partial charge in [-0.05, 0) is 61.9 Å². The lowest BCUT2D eigenvalue weighted by Gasteiger charge is -2.42. The number of aromatic nitrogens is 2. The molecule has 2 aromatic carbocycles. The lowest BCUT2D eigenvalue weighted by molar-refractivity contribution is 0.0606. The van der Waals surface area contributed by atoms with Crippen LogP contribution in [-0.4, -0.2) is 44.8 Å². The van der Waals surface area contributed by atoms with Gasteiger partial charge in [0.15, 0.2) is 5.82 Å². The number of thiol groups is 1. The molecule has 0 saturated heterocycles. The lowest BCUT2D eigenvalue weighted by atomic mass is 9.88. The minimum Gasteiger partial charge on any atom is -0.481 e. The standard InChI is InChI=1S/C26H29N7O2S/c1-3-14-35-20-10-5-8-18(15-20)17-28-26(36)13-7-9-19(16-26)33(4-2)25(34)24-29-21-11-6-12-22(31-32-27)23(21)30-24/h1,5-6,8,10-12,15,19,28,36H,4,7,9,13-14,16-17H2,2H3,(H,29,30)/t19-,26?/m0/s1. The summed E-state index contributed by atoms with van der Waals surface area (Å²) in [6.45, 7) is 3.36. The van der Waals surface area contributed by atoms with E-state index in [2.05, 4.69) is 31.2 Å². The van der Waals surface area contributed by atoms with Crippen LogP contribution in [0.25, 0.3) is 21.5 Å². The van der Waals surface area contributed by atoms with Gasteiger partial charge in [0.05, 0.1) is 21.6 Å². The van der Waals surface area contributed by atoms with Crippen molar-refractivity contribution in [1.82, 2.24) is 20.2 Å². The van der Waals surface area contributed by atoms with E-state index in [0.29, 0.717) is 36.2 Å². The number of benzene rings is 2. The van der Waals surface area contributed by atoms with Gasteiger partial charge in [-0.1, -0.05) is 35.3 Å². The molecule has 0 radical (unpaired) electrons. The van der Waals surface area contributed by atoms with Gasteiger partial charge in [-0.3, -0.25) is 10.1 Å². The highest BCUT2D eigenvalue weighted by molar-refractivity contribution is 7.81. The maximum Gasteiger partial charge on any atom is 0.289 e. The number of aromatic amines is 1. The van der Waals surface area contributed by atoms with Crippen molar-refractivity contribution in [2.24, 2.45) is 5.11 Å². The van der Waals surface area contributed by atoms with Gasteiger partial charge in [0.2, 0.25) is 0 Å². The molecule has 1 unspecified atom stereocenters. The molecule has 9 nitrogen and oxygen atoms in total. The predicted molar refractivity (Wildman–Crippen MR) is 143 cm³/mol. The summed E-state index contributed by atoms with van der Waals surface area (Å²) < 4.78 is 5.53. The second-order valence-electron chi connectivity index (χ2n) is 8.81. The zero-order chi connectivity index (χ0) is 25.5. The summed E-state index contributed by atoms with van der Waals surface area (Å²) in [6.07, 6.45) is 8.72. The average Bonchev–Trinajstić information content (AvgIpc) is 3.33. The van der Waals surface area contributed by atoms with Gasteiger partial charge < -0.3 is 14.6 Å². The molecule has 1 aliphatic rings. The highest BCUT2D eigenvalue weighted by Crippen LogP contribution is 2.35. The van der Waals surface area contributed by atoms with Gasteiger partial charge in [-0.2, -0.15) is 12.6 Å². The van der Waals surface area contributed by atoms with Crippen molar-refractivity contribution in [1.29, 1.82) is 0 Å². The number of rotatable bonds is 9. The summed E-state index contributed by atoms with van der Waals surface area (Å²) in [5, 5.41) is 7.27. The molecular formula is C26H29N7O2S. The Labute approximate surface area is 215 Å². The number of nitrogens with one attached hydrogen (secondary N) is 2. The number of amides is 1. The highest BCUT2D eigenvalue weighted by atomic mass is 32.1. The maximum absolute atomic E-state index is 13.5. The molecule has 2 atom stereocenters. The fraction of sp³-hybridized carbons (Fsp3) is 0.385. The predicted octanol–water partition coefficient (Wildman–Crippen LogP) is 5.34. The van der Waals surface area contributed by atoms with E-state index in [1.807, 2.05) is 42.2 Å². The third kappa shape index (κ3) is 5.77. The quantitative estimate of drug-likeness (QED) is 0.0912. The molecule has 1 amide bonds. The van der Waals surface area contributed by atoms with Crippen LogP contribution in [0.3, 0.4) is 0 Å². The molecule has 0 aliphatic heterocycles. The Morgan fingerprint density at radius 1 is 1.44 bits per heavy atom. The van der Waals surface area contributed by atoms with E-state index in [1.54, 1.807) is 12.1 Å². The number of carbonyl (C=O) groups excluding carboxylic acids is 1. The number of nitrogens with zero attached hydrogens (tertiary/aromatic N) is 5. The van der Waals surface area contributed by atoms with Crippen LogP contribution in [0.5, 0.6) is 5.75 Å². The Balaban J connectivity index is 1.46. The van der Waals surface area contributed by atoms with E-state index in [4.69, 9.17) is 29.3 Å². The van der Waals surface area contributed by atoms with E-state index >= 15 is 0 Å². The summed E-state index contributed by atoms with van der Waals surface area (Å²) in [5.41, 5.74) is 11.4. The van der Waals surface area contributed by atoms with Crippen molar-refractivity contribution in [2.75, 3.05) is 13.2 Å². The summed E-state index contributed by atoms with van der Waals surface area (Å²) in [6, 6.07) is 13.1. The molecule has 3 aromatic rings. The molecule has 10 heteroatoms. The van der Waals surface area contributed by atoms with Crippen LogP contribution in [0.1, 0.15) is 48.8 Å². The van der Waals surface area contributed by atoms with Crippen LogP contribution >= 0.6 is 12.6 Å². The summed E-state index contributed by atoms with van der Waals surface area (Å²) in [4.78, 5) is 25.3. The average molecular weight is 504 g/mol. The van der Waals surface area contributed by atoms with Gasteiger partial charge in [-0.15, -0.1) is 6.42 Å². The van der Waals surface area contributed by atoms with Crippen molar-refractivity contribution in [3.63, 3.8) is 0 Å². The number of terminal acetylenes is 1. The minimum atomic E-state index is -0.422. The normalized spacial score (nSPS) is 19.3. The number of azide groups is 1. The van der Waals surface area contributed by atoms with Crippen LogP contribution in [0.15, 0.2) is 47.6 Å². The number of H-pyrrole nitrogens is 1. The molecule has 186 valence electrons. The van der Waals surface area contributed by atoms with Gasteiger partial charge in [-0.25, -0.2) is 4.98 Å². The topological polar surface area (TPSA) is 119 Å². The van der Waals surface area contributed by atoms with Crippen molar-refractivity contribution in [3.8, 4) is 18.1 Å². The number of imidazole rings is 1. The molecule has 2 N–H and O–H groups in total. The lowest BCUT2D eigenvalue weighted by Crippen LogP contribution is -2.51. The molecule has 4 rings (SSSR count). The summed E-state index contributed by atoms with van der Waals surface area (Å²) >= 11 is 5.01. The van der Waals surface area contributed by atoms with Crippen molar-refractivity contribution >= 4 is 35.3 Å². The smallest absolute Gasteiger partial charge is 0.289 e.